The van der Waals surface area contributed by atoms with Gasteiger partial charge in [-0.3, -0.25) is 4.79 Å². The van der Waals surface area contributed by atoms with E-state index in [1.807, 2.05) is 0 Å². The number of aryl methyl sites for hydroxylation is 1. The lowest BCUT2D eigenvalue weighted by Crippen LogP contribution is -2.13. The van der Waals surface area contributed by atoms with Crippen LogP contribution in [0.2, 0.25) is 0 Å². The predicted octanol–water partition coefficient (Wildman–Crippen LogP) is 6.40. The van der Waals surface area contributed by atoms with Crippen LogP contribution in [-0.2, 0) is 24.0 Å². The van der Waals surface area contributed by atoms with Crippen molar-refractivity contribution in [3.05, 3.63) is 69.4 Å². The third-order valence-electron chi connectivity index (χ3n) is 4.81. The van der Waals surface area contributed by atoms with Crippen LogP contribution >= 0.6 is 11.5 Å². The fraction of sp³-hybridized carbons (Fsp3) is 0.273. The molecule has 176 valence electrons. The van der Waals surface area contributed by atoms with Crippen molar-refractivity contribution in [2.24, 2.45) is 5.92 Å². The molecule has 0 saturated heterocycles. The van der Waals surface area contributed by atoms with Gasteiger partial charge in [0.05, 0.1) is 11.6 Å². The maximum atomic E-state index is 14.4. The fourth-order valence-electron chi connectivity index (χ4n) is 3.14. The minimum atomic E-state index is -4.84. The molecule has 0 radical (unpaired) electrons. The summed E-state index contributed by atoms with van der Waals surface area (Å²) in [7, 11) is 0. The van der Waals surface area contributed by atoms with Gasteiger partial charge < -0.3 is 9.84 Å². The Hall–Kier alpha value is -3.08. The molecule has 33 heavy (non-hydrogen) atoms. The largest absolute Gasteiger partial charge is 0.483 e. The Morgan fingerprint density at radius 3 is 2.30 bits per heavy atom. The van der Waals surface area contributed by atoms with Crippen LogP contribution in [0.1, 0.15) is 28.5 Å². The van der Waals surface area contributed by atoms with E-state index in [0.29, 0.717) is 5.56 Å². The number of nitrogens with zero attached hydrogens (tertiary/aromatic N) is 1. The second-order valence-corrected chi connectivity index (χ2v) is 8.21. The first-order chi connectivity index (χ1) is 15.4. The highest BCUT2D eigenvalue weighted by atomic mass is 32.1. The van der Waals surface area contributed by atoms with Crippen LogP contribution in [0.3, 0.4) is 0 Å². The first-order valence-corrected chi connectivity index (χ1v) is 10.3. The van der Waals surface area contributed by atoms with Crippen molar-refractivity contribution >= 4 is 17.5 Å². The highest BCUT2D eigenvalue weighted by Gasteiger charge is 2.38. The Bertz CT molecular complexity index is 1170. The third kappa shape index (κ3) is 5.47. The van der Waals surface area contributed by atoms with Crippen LogP contribution in [-0.4, -0.2) is 15.4 Å². The van der Waals surface area contributed by atoms with Gasteiger partial charge in [-0.2, -0.15) is 17.5 Å². The van der Waals surface area contributed by atoms with E-state index in [0.717, 1.165) is 18.2 Å². The van der Waals surface area contributed by atoms with Crippen molar-refractivity contribution in [2.45, 2.75) is 33.1 Å². The maximum Gasteiger partial charge on any atom is 0.427 e. The molecular weight excluding hydrogens is 472 g/mol. The molecule has 3 aromatic rings. The lowest BCUT2D eigenvalue weighted by molar-refractivity contribution is -0.141. The van der Waals surface area contributed by atoms with Gasteiger partial charge in [0.2, 0.25) is 0 Å². The van der Waals surface area contributed by atoms with Gasteiger partial charge in [-0.15, -0.1) is 0 Å². The SMILES string of the molecule is Cc1ccc(-c2nsc(C(F)(F)F)c2COc2c(F)cc(CC(C)C(=O)O)cc2F)c(F)c1. The van der Waals surface area contributed by atoms with Crippen LogP contribution in [0.25, 0.3) is 11.3 Å². The molecule has 11 heteroatoms. The van der Waals surface area contributed by atoms with E-state index in [1.165, 1.54) is 19.1 Å². The van der Waals surface area contributed by atoms with Crippen LogP contribution < -0.4 is 4.74 Å². The first-order valence-electron chi connectivity index (χ1n) is 9.54. The van der Waals surface area contributed by atoms with Gasteiger partial charge in [0.25, 0.3) is 0 Å². The van der Waals surface area contributed by atoms with E-state index in [-0.39, 0.29) is 34.8 Å². The Labute approximate surface area is 188 Å². The quantitative estimate of drug-likeness (QED) is 0.391. The molecule has 4 nitrogen and oxygen atoms in total. The monoisotopic (exact) mass is 489 g/mol. The van der Waals surface area contributed by atoms with Crippen molar-refractivity contribution in [1.82, 2.24) is 4.37 Å². The zero-order valence-corrected chi connectivity index (χ0v) is 18.1. The number of ether oxygens (including phenoxy) is 1. The molecule has 0 fully saturated rings. The molecule has 1 aromatic heterocycles. The van der Waals surface area contributed by atoms with Gasteiger partial charge in [0.1, 0.15) is 17.3 Å². The van der Waals surface area contributed by atoms with Crippen molar-refractivity contribution in [1.29, 1.82) is 0 Å². The number of aliphatic carboxylic acids is 1. The number of carboxylic acids is 1. The van der Waals surface area contributed by atoms with Crippen molar-refractivity contribution in [3.8, 4) is 17.0 Å². The number of hydrogen-bond donors (Lipinski definition) is 1. The summed E-state index contributed by atoms with van der Waals surface area (Å²) >= 11 is 0.0816. The molecule has 1 N–H and O–H groups in total. The highest BCUT2D eigenvalue weighted by Crippen LogP contribution is 2.41. The van der Waals surface area contributed by atoms with E-state index in [4.69, 9.17) is 9.84 Å². The topological polar surface area (TPSA) is 59.4 Å². The van der Waals surface area contributed by atoms with Gasteiger partial charge >= 0.3 is 12.1 Å². The summed E-state index contributed by atoms with van der Waals surface area (Å²) < 4.78 is 92.6. The number of alkyl halides is 3. The van der Waals surface area contributed by atoms with E-state index >= 15 is 0 Å². The zero-order chi connectivity index (χ0) is 24.5. The second-order valence-electron chi connectivity index (χ2n) is 7.44. The van der Waals surface area contributed by atoms with Gasteiger partial charge in [-0.05, 0) is 60.3 Å². The minimum absolute atomic E-state index is 0.0443. The Balaban J connectivity index is 1.95. The summed E-state index contributed by atoms with van der Waals surface area (Å²) in [4.78, 5) is 9.77. The summed E-state index contributed by atoms with van der Waals surface area (Å²) in [5.74, 6) is -6.21. The Morgan fingerprint density at radius 1 is 1.12 bits per heavy atom. The average Bonchev–Trinajstić information content (AvgIpc) is 3.11. The molecular formula is C22H17F6NO3S. The number of aromatic nitrogens is 1. The zero-order valence-electron chi connectivity index (χ0n) is 17.3. The summed E-state index contributed by atoms with van der Waals surface area (Å²) in [6.07, 6.45) is -5.00. The molecule has 0 aliphatic rings. The first kappa shape index (κ1) is 24.6. The van der Waals surface area contributed by atoms with E-state index in [1.54, 1.807) is 6.92 Å². The van der Waals surface area contributed by atoms with Crippen LogP contribution in [0, 0.1) is 30.3 Å². The molecule has 2 aromatic carbocycles. The number of hydrogen-bond acceptors (Lipinski definition) is 4. The molecule has 0 aliphatic carbocycles. The minimum Gasteiger partial charge on any atom is -0.483 e. The molecule has 0 aliphatic heterocycles. The molecule has 3 rings (SSSR count). The van der Waals surface area contributed by atoms with Gasteiger partial charge in [-0.25, -0.2) is 13.2 Å². The highest BCUT2D eigenvalue weighted by molar-refractivity contribution is 7.06. The van der Waals surface area contributed by atoms with Gasteiger partial charge in [-0.1, -0.05) is 13.0 Å². The molecule has 0 bridgehead atoms. The molecule has 1 unspecified atom stereocenters. The number of halogens is 6. The maximum absolute atomic E-state index is 14.4. The van der Waals surface area contributed by atoms with Gasteiger partial charge in [0, 0.05) is 11.1 Å². The van der Waals surface area contributed by atoms with E-state index < -0.39 is 58.3 Å². The molecule has 0 amide bonds. The smallest absolute Gasteiger partial charge is 0.427 e. The van der Waals surface area contributed by atoms with Gasteiger partial charge in [0.15, 0.2) is 17.4 Å². The Morgan fingerprint density at radius 2 is 1.76 bits per heavy atom. The summed E-state index contributed by atoms with van der Waals surface area (Å²) in [5, 5.41) is 8.94. The Kier molecular flexibility index (Phi) is 7.01. The molecule has 1 atom stereocenters. The summed E-state index contributed by atoms with van der Waals surface area (Å²) in [6, 6.07) is 5.60. The average molecular weight is 489 g/mol. The number of benzene rings is 2. The second kappa shape index (κ2) is 9.42. The van der Waals surface area contributed by atoms with Crippen molar-refractivity contribution in [2.75, 3.05) is 0 Å². The number of carbonyl (C=O) groups is 1. The van der Waals surface area contributed by atoms with Crippen LogP contribution in [0.15, 0.2) is 30.3 Å². The molecule has 1 heterocycles. The normalized spacial score (nSPS) is 12.6. The lowest BCUT2D eigenvalue weighted by Gasteiger charge is -2.14. The number of carboxylic acid groups (broad SMARTS) is 1. The van der Waals surface area contributed by atoms with E-state index in [9.17, 15) is 31.1 Å². The molecule has 0 spiro atoms. The summed E-state index contributed by atoms with van der Waals surface area (Å²) in [5.41, 5.74) is -0.510. The van der Waals surface area contributed by atoms with E-state index in [2.05, 4.69) is 4.37 Å². The number of rotatable bonds is 7. The van der Waals surface area contributed by atoms with Crippen LogP contribution in [0.4, 0.5) is 26.3 Å². The third-order valence-corrected chi connectivity index (χ3v) is 5.74. The standard InChI is InChI=1S/C22H17F6NO3S/c1-10-3-4-13(15(23)5-10)18-14(20(33-29-18)22(26,27)28)9-32-19-16(24)7-12(8-17(19)25)6-11(2)21(30)31/h3-5,7-8,11H,6,9H2,1-2H3,(H,30,31). The fourth-order valence-corrected chi connectivity index (χ4v) is 3.90. The van der Waals surface area contributed by atoms with Crippen LogP contribution in [0.5, 0.6) is 5.75 Å². The predicted molar refractivity (Wildman–Crippen MR) is 108 cm³/mol. The lowest BCUT2D eigenvalue weighted by atomic mass is 10.0. The summed E-state index contributed by atoms with van der Waals surface area (Å²) in [6.45, 7) is 2.04. The van der Waals surface area contributed by atoms with Crippen molar-refractivity contribution in [3.63, 3.8) is 0 Å². The molecule has 0 saturated carbocycles. The van der Waals surface area contributed by atoms with Crippen molar-refractivity contribution < 1.29 is 41.0 Å².